The fraction of sp³-hybridized carbons (Fsp3) is 0.185. The number of rotatable bonds is 8. The van der Waals surface area contributed by atoms with Gasteiger partial charge >= 0.3 is 0 Å². The van der Waals surface area contributed by atoms with Gasteiger partial charge in [0.15, 0.2) is 11.5 Å². The van der Waals surface area contributed by atoms with Crippen molar-refractivity contribution in [2.24, 2.45) is 0 Å². The van der Waals surface area contributed by atoms with Crippen LogP contribution in [-0.4, -0.2) is 48.2 Å². The van der Waals surface area contributed by atoms with E-state index in [2.05, 4.69) is 28.7 Å². The van der Waals surface area contributed by atoms with Crippen LogP contribution in [-0.2, 0) is 4.79 Å². The van der Waals surface area contributed by atoms with E-state index in [-0.39, 0.29) is 11.7 Å². The predicted molar refractivity (Wildman–Crippen MR) is 145 cm³/mol. The number of hydrogen-bond acceptors (Lipinski definition) is 7. The highest BCUT2D eigenvalue weighted by Crippen LogP contribution is 2.35. The van der Waals surface area contributed by atoms with Crippen LogP contribution in [0.5, 0.6) is 17.2 Å². The van der Waals surface area contributed by atoms with E-state index < -0.39 is 0 Å². The topological polar surface area (TPSA) is 85.5 Å². The van der Waals surface area contributed by atoms with Crippen molar-refractivity contribution in [1.82, 2.24) is 9.97 Å². The summed E-state index contributed by atoms with van der Waals surface area (Å²) in [5.74, 6) is 2.92. The summed E-state index contributed by atoms with van der Waals surface area (Å²) in [6, 6.07) is 21.4. The minimum Gasteiger partial charge on any atom is -0.497 e. The molecule has 0 saturated heterocycles. The SMILES string of the molecule is COc1ccc(-c2[nH]c(-c3ccc(SC)cc3)nc2SCC(=O)Nc2ccc3c(c2)OCCO3)cc1. The molecule has 1 aliphatic rings. The standard InChI is InChI=1S/C27H25N3O4S2/c1-32-20-8-3-17(4-9-20)25-27(30-26(29-25)18-5-10-21(35-2)11-6-18)36-16-24(31)28-19-7-12-22-23(15-19)34-14-13-33-22/h3-12,15H,13-14,16H2,1-2H3,(H,28,31)(H,29,30). The van der Waals surface area contributed by atoms with Crippen LogP contribution in [0, 0.1) is 0 Å². The Bertz CT molecular complexity index is 1350. The number of ether oxygens (including phenoxy) is 3. The van der Waals surface area contributed by atoms with Crippen LogP contribution < -0.4 is 19.5 Å². The van der Waals surface area contributed by atoms with Gasteiger partial charge in [0.2, 0.25) is 5.91 Å². The van der Waals surface area contributed by atoms with Crippen molar-refractivity contribution >= 4 is 35.1 Å². The molecule has 36 heavy (non-hydrogen) atoms. The summed E-state index contributed by atoms with van der Waals surface area (Å²) in [6.07, 6.45) is 2.05. The highest BCUT2D eigenvalue weighted by Gasteiger charge is 2.17. The summed E-state index contributed by atoms with van der Waals surface area (Å²) in [5, 5.41) is 3.69. The second-order valence-corrected chi connectivity index (χ2v) is 9.76. The molecule has 1 aromatic heterocycles. The van der Waals surface area contributed by atoms with Gasteiger partial charge in [0.1, 0.15) is 29.8 Å². The summed E-state index contributed by atoms with van der Waals surface area (Å²) in [7, 11) is 1.64. The average molecular weight is 520 g/mol. The number of benzene rings is 3. The van der Waals surface area contributed by atoms with Gasteiger partial charge in [-0.15, -0.1) is 11.8 Å². The van der Waals surface area contributed by atoms with Gasteiger partial charge in [-0.1, -0.05) is 23.9 Å². The van der Waals surface area contributed by atoms with Gasteiger partial charge in [0.05, 0.1) is 18.6 Å². The maximum absolute atomic E-state index is 12.8. The number of carbonyl (C=O) groups is 1. The fourth-order valence-electron chi connectivity index (χ4n) is 3.75. The summed E-state index contributed by atoms with van der Waals surface area (Å²) >= 11 is 3.08. The smallest absolute Gasteiger partial charge is 0.234 e. The zero-order chi connectivity index (χ0) is 24.9. The number of nitrogens with one attached hydrogen (secondary N) is 2. The molecule has 0 radical (unpaired) electrons. The van der Waals surface area contributed by atoms with Gasteiger partial charge in [-0.2, -0.15) is 0 Å². The first-order chi connectivity index (χ1) is 17.6. The Hall–Kier alpha value is -3.56. The minimum atomic E-state index is -0.133. The molecule has 1 amide bonds. The number of imidazole rings is 1. The highest BCUT2D eigenvalue weighted by molar-refractivity contribution is 8.00. The van der Waals surface area contributed by atoms with Gasteiger partial charge in [-0.3, -0.25) is 4.79 Å². The number of carbonyl (C=O) groups excluding carboxylic acids is 1. The second-order valence-electron chi connectivity index (χ2n) is 7.92. The van der Waals surface area contributed by atoms with E-state index >= 15 is 0 Å². The molecule has 0 saturated carbocycles. The Kier molecular flexibility index (Phi) is 7.39. The minimum absolute atomic E-state index is 0.133. The van der Waals surface area contributed by atoms with Crippen LogP contribution in [0.1, 0.15) is 0 Å². The Morgan fingerprint density at radius 3 is 2.44 bits per heavy atom. The second kappa shape index (κ2) is 11.0. The van der Waals surface area contributed by atoms with Crippen molar-refractivity contribution in [3.8, 4) is 39.9 Å². The Labute approximate surface area is 218 Å². The lowest BCUT2D eigenvalue weighted by Gasteiger charge is -2.19. The van der Waals surface area contributed by atoms with E-state index in [9.17, 15) is 4.79 Å². The molecule has 2 heterocycles. The monoisotopic (exact) mass is 519 g/mol. The lowest BCUT2D eigenvalue weighted by molar-refractivity contribution is -0.113. The highest BCUT2D eigenvalue weighted by atomic mass is 32.2. The number of aromatic nitrogens is 2. The van der Waals surface area contributed by atoms with Crippen molar-refractivity contribution < 1.29 is 19.0 Å². The van der Waals surface area contributed by atoms with Crippen LogP contribution in [0.15, 0.2) is 76.7 Å². The molecule has 0 unspecified atom stereocenters. The summed E-state index contributed by atoms with van der Waals surface area (Å²) in [5.41, 5.74) is 3.47. The number of aromatic amines is 1. The number of thioether (sulfide) groups is 2. The largest absolute Gasteiger partial charge is 0.497 e. The zero-order valence-electron chi connectivity index (χ0n) is 19.9. The van der Waals surface area contributed by atoms with E-state index in [1.165, 1.54) is 16.7 Å². The average Bonchev–Trinajstić information content (AvgIpc) is 3.36. The maximum Gasteiger partial charge on any atom is 0.234 e. The normalized spacial score (nSPS) is 12.3. The first-order valence-electron chi connectivity index (χ1n) is 11.3. The molecule has 1 aliphatic heterocycles. The molecule has 0 bridgehead atoms. The molecule has 0 spiro atoms. The number of hydrogen-bond donors (Lipinski definition) is 2. The van der Waals surface area contributed by atoms with Gasteiger partial charge < -0.3 is 24.5 Å². The summed E-state index contributed by atoms with van der Waals surface area (Å²) in [6.45, 7) is 1.02. The molecular weight excluding hydrogens is 494 g/mol. The van der Waals surface area contributed by atoms with Crippen molar-refractivity contribution in [2.75, 3.05) is 37.6 Å². The van der Waals surface area contributed by atoms with Crippen LogP contribution in [0.4, 0.5) is 5.69 Å². The molecule has 0 atom stereocenters. The molecule has 0 fully saturated rings. The van der Waals surface area contributed by atoms with Crippen LogP contribution >= 0.6 is 23.5 Å². The molecule has 2 N–H and O–H groups in total. The van der Waals surface area contributed by atoms with Crippen LogP contribution in [0.2, 0.25) is 0 Å². The first kappa shape index (κ1) is 24.1. The van der Waals surface area contributed by atoms with E-state index in [1.807, 2.05) is 42.5 Å². The van der Waals surface area contributed by atoms with E-state index in [1.54, 1.807) is 31.0 Å². The Morgan fingerprint density at radius 1 is 1.00 bits per heavy atom. The number of anilines is 1. The molecule has 184 valence electrons. The van der Waals surface area contributed by atoms with Crippen molar-refractivity contribution in [3.05, 3.63) is 66.7 Å². The lowest BCUT2D eigenvalue weighted by atomic mass is 10.1. The van der Waals surface area contributed by atoms with Gasteiger partial charge in [0, 0.05) is 27.8 Å². The number of H-pyrrole nitrogens is 1. The van der Waals surface area contributed by atoms with Crippen molar-refractivity contribution in [2.45, 2.75) is 9.92 Å². The zero-order valence-corrected chi connectivity index (χ0v) is 21.5. The molecular formula is C27H25N3O4S2. The van der Waals surface area contributed by atoms with Crippen molar-refractivity contribution in [3.63, 3.8) is 0 Å². The fourth-order valence-corrected chi connectivity index (χ4v) is 4.97. The third-order valence-electron chi connectivity index (χ3n) is 5.58. The van der Waals surface area contributed by atoms with E-state index in [0.29, 0.717) is 30.4 Å². The number of fused-ring (bicyclic) bond motifs is 1. The lowest BCUT2D eigenvalue weighted by Crippen LogP contribution is -2.17. The molecule has 9 heteroatoms. The van der Waals surface area contributed by atoms with Crippen molar-refractivity contribution in [1.29, 1.82) is 0 Å². The quantitative estimate of drug-likeness (QED) is 0.277. The van der Waals surface area contributed by atoms with Crippen LogP contribution in [0.25, 0.3) is 22.6 Å². The third-order valence-corrected chi connectivity index (χ3v) is 7.30. The van der Waals surface area contributed by atoms with Crippen LogP contribution in [0.3, 0.4) is 0 Å². The van der Waals surface area contributed by atoms with E-state index in [4.69, 9.17) is 19.2 Å². The molecule has 7 nitrogen and oxygen atoms in total. The van der Waals surface area contributed by atoms with Gasteiger partial charge in [-0.25, -0.2) is 4.98 Å². The number of methoxy groups -OCH3 is 1. The molecule has 0 aliphatic carbocycles. The predicted octanol–water partition coefficient (Wildman–Crippen LogP) is 5.98. The summed E-state index contributed by atoms with van der Waals surface area (Å²) in [4.78, 5) is 22.3. The maximum atomic E-state index is 12.8. The molecule has 4 aromatic rings. The number of nitrogens with zero attached hydrogens (tertiary/aromatic N) is 1. The Balaban J connectivity index is 1.35. The number of amides is 1. The van der Waals surface area contributed by atoms with E-state index in [0.717, 1.165) is 33.4 Å². The first-order valence-corrected chi connectivity index (χ1v) is 13.5. The molecule has 5 rings (SSSR count). The Morgan fingerprint density at radius 2 is 1.72 bits per heavy atom. The van der Waals surface area contributed by atoms with Gasteiger partial charge in [0.25, 0.3) is 0 Å². The molecule has 3 aromatic carbocycles. The summed E-state index contributed by atoms with van der Waals surface area (Å²) < 4.78 is 16.5. The van der Waals surface area contributed by atoms with Gasteiger partial charge in [-0.05, 0) is 54.8 Å². The third kappa shape index (κ3) is 5.47.